The predicted molar refractivity (Wildman–Crippen MR) is 254 cm³/mol. The number of benzene rings is 9. The maximum atomic E-state index is 6.76. The van der Waals surface area contributed by atoms with E-state index in [-0.39, 0.29) is 0 Å². The number of rotatable bonds is 9. The lowest BCUT2D eigenvalue weighted by molar-refractivity contribution is 0.669. The van der Waals surface area contributed by atoms with Gasteiger partial charge in [-0.15, -0.1) is 0 Å². The van der Waals surface area contributed by atoms with E-state index in [9.17, 15) is 0 Å². The second kappa shape index (κ2) is 16.0. The number of para-hydroxylation sites is 1. The number of nitrogens with zero attached hydrogens (tertiary/aromatic N) is 4. The third-order valence-corrected chi connectivity index (χ3v) is 11.3. The van der Waals surface area contributed by atoms with E-state index in [0.29, 0.717) is 17.5 Å². The molecule has 0 amide bonds. The van der Waals surface area contributed by atoms with Gasteiger partial charge in [0.25, 0.3) is 0 Å². The van der Waals surface area contributed by atoms with Crippen LogP contribution in [0.3, 0.4) is 0 Å². The summed E-state index contributed by atoms with van der Waals surface area (Å²) >= 11 is 0. The van der Waals surface area contributed by atoms with Crippen LogP contribution in [0.25, 0.3) is 89.5 Å². The van der Waals surface area contributed by atoms with E-state index in [2.05, 4.69) is 163 Å². The summed E-state index contributed by atoms with van der Waals surface area (Å²) in [5.41, 5.74) is 14.1. The highest BCUT2D eigenvalue weighted by molar-refractivity contribution is 6.16. The summed E-state index contributed by atoms with van der Waals surface area (Å²) in [5.74, 6) is 1.76. The summed E-state index contributed by atoms with van der Waals surface area (Å²) < 4.78 is 6.76. The lowest BCUT2D eigenvalue weighted by Crippen LogP contribution is -2.10. The van der Waals surface area contributed by atoms with Gasteiger partial charge in [-0.1, -0.05) is 182 Å². The van der Waals surface area contributed by atoms with E-state index in [1.54, 1.807) is 0 Å². The largest absolute Gasteiger partial charge is 0.455 e. The van der Waals surface area contributed by atoms with Crippen molar-refractivity contribution in [1.82, 2.24) is 15.0 Å². The van der Waals surface area contributed by atoms with Crippen LogP contribution < -0.4 is 4.90 Å². The topological polar surface area (TPSA) is 55.1 Å². The molecule has 9 aromatic carbocycles. The summed E-state index contributed by atoms with van der Waals surface area (Å²) in [5, 5.41) is 2.04. The molecule has 62 heavy (non-hydrogen) atoms. The molecule has 0 unspecified atom stereocenters. The molecule has 0 radical (unpaired) electrons. The van der Waals surface area contributed by atoms with Crippen LogP contribution in [0.4, 0.5) is 17.1 Å². The molecular formula is C57H38N4O. The molecule has 0 aliphatic carbocycles. The number of fused-ring (bicyclic) bond motifs is 3. The van der Waals surface area contributed by atoms with Crippen LogP contribution in [0.1, 0.15) is 0 Å². The Balaban J connectivity index is 1.05. The zero-order chi connectivity index (χ0) is 41.2. The number of anilines is 3. The van der Waals surface area contributed by atoms with Crippen molar-refractivity contribution < 1.29 is 4.42 Å². The van der Waals surface area contributed by atoms with Gasteiger partial charge in [0.15, 0.2) is 17.5 Å². The van der Waals surface area contributed by atoms with Gasteiger partial charge in [-0.25, -0.2) is 15.0 Å². The lowest BCUT2D eigenvalue weighted by Gasteiger charge is -2.27. The third-order valence-electron chi connectivity index (χ3n) is 11.3. The number of hydrogen-bond acceptors (Lipinski definition) is 5. The highest BCUT2D eigenvalue weighted by Crippen LogP contribution is 2.43. The summed E-state index contributed by atoms with van der Waals surface area (Å²) in [6, 6.07) is 80.1. The molecule has 0 spiro atoms. The SMILES string of the molecule is c1ccc(-c2cccc(N(c3ccc(-c4ccc(-c5nc(-c6ccccc6)nc(-c6ccccc6)n5)c5oc6ccccc6c45)cc3)c3cccc(-c4ccccc4)c3)c2)cc1. The first-order chi connectivity index (χ1) is 30.7. The quantitative estimate of drug-likeness (QED) is 0.146. The molecule has 0 aliphatic rings. The predicted octanol–water partition coefficient (Wildman–Crippen LogP) is 15.2. The fraction of sp³-hybridized carbons (Fsp3) is 0. The molecule has 0 fully saturated rings. The molecule has 2 aromatic heterocycles. The van der Waals surface area contributed by atoms with Crippen LogP contribution in [0.5, 0.6) is 0 Å². The van der Waals surface area contributed by atoms with Gasteiger partial charge in [0.2, 0.25) is 0 Å². The average molecular weight is 795 g/mol. The third kappa shape index (κ3) is 6.97. The van der Waals surface area contributed by atoms with E-state index in [0.717, 1.165) is 77.9 Å². The number of hydrogen-bond donors (Lipinski definition) is 0. The second-order valence-electron chi connectivity index (χ2n) is 15.2. The molecule has 5 heteroatoms. The van der Waals surface area contributed by atoms with Crippen LogP contribution >= 0.6 is 0 Å². The fourth-order valence-corrected chi connectivity index (χ4v) is 8.32. The minimum atomic E-state index is 0.551. The highest BCUT2D eigenvalue weighted by Gasteiger charge is 2.22. The van der Waals surface area contributed by atoms with Gasteiger partial charge in [-0.2, -0.15) is 0 Å². The van der Waals surface area contributed by atoms with Crippen molar-refractivity contribution in [2.75, 3.05) is 4.90 Å². The monoisotopic (exact) mass is 794 g/mol. The highest BCUT2D eigenvalue weighted by atomic mass is 16.3. The zero-order valence-electron chi connectivity index (χ0n) is 33.6. The smallest absolute Gasteiger partial charge is 0.167 e. The van der Waals surface area contributed by atoms with Gasteiger partial charge in [0.1, 0.15) is 11.2 Å². The Morgan fingerprint density at radius 3 is 1.31 bits per heavy atom. The van der Waals surface area contributed by atoms with Crippen LogP contribution in [0.15, 0.2) is 235 Å². The Bertz CT molecular complexity index is 3190. The maximum Gasteiger partial charge on any atom is 0.167 e. The van der Waals surface area contributed by atoms with Crippen molar-refractivity contribution in [2.45, 2.75) is 0 Å². The van der Waals surface area contributed by atoms with E-state index < -0.39 is 0 Å². The Labute approximate surface area is 359 Å². The Hall–Kier alpha value is -8.41. The molecule has 11 aromatic rings. The zero-order valence-corrected chi connectivity index (χ0v) is 33.6. The van der Waals surface area contributed by atoms with Gasteiger partial charge in [-0.3, -0.25) is 0 Å². The molecular weight excluding hydrogens is 757 g/mol. The van der Waals surface area contributed by atoms with Crippen LogP contribution in [0.2, 0.25) is 0 Å². The average Bonchev–Trinajstić information content (AvgIpc) is 3.75. The van der Waals surface area contributed by atoms with Gasteiger partial charge in [0.05, 0.1) is 5.56 Å². The summed E-state index contributed by atoms with van der Waals surface area (Å²) in [6.45, 7) is 0. The molecule has 0 aliphatic heterocycles. The first kappa shape index (κ1) is 36.7. The van der Waals surface area contributed by atoms with Crippen LogP contribution in [-0.4, -0.2) is 15.0 Å². The summed E-state index contributed by atoms with van der Waals surface area (Å²) in [7, 11) is 0. The van der Waals surface area contributed by atoms with Crippen molar-refractivity contribution in [2.24, 2.45) is 0 Å². The molecule has 0 N–H and O–H groups in total. The standard InChI is InChI=1S/C57H38N4O/c1-5-17-39(18-6-1)44-25-15-27-47(37-44)61(48-28-16-26-45(38-48)40-19-7-2-8-20-40)46-33-31-41(32-34-46)49-35-36-51(54-53(49)50-29-13-14-30-52(50)62-54)57-59-55(42-21-9-3-10-22-42)58-56(60-57)43-23-11-4-12-24-43/h1-38H. The first-order valence-corrected chi connectivity index (χ1v) is 20.8. The van der Waals surface area contributed by atoms with E-state index in [4.69, 9.17) is 19.4 Å². The molecule has 292 valence electrons. The van der Waals surface area contributed by atoms with Crippen molar-refractivity contribution >= 4 is 39.0 Å². The van der Waals surface area contributed by atoms with E-state index in [1.807, 2.05) is 72.8 Å². The fourth-order valence-electron chi connectivity index (χ4n) is 8.32. The molecule has 0 saturated carbocycles. The van der Waals surface area contributed by atoms with Gasteiger partial charge in [0, 0.05) is 39.0 Å². The molecule has 0 bridgehead atoms. The van der Waals surface area contributed by atoms with Gasteiger partial charge >= 0.3 is 0 Å². The maximum absolute atomic E-state index is 6.76. The van der Waals surface area contributed by atoms with Gasteiger partial charge < -0.3 is 9.32 Å². The van der Waals surface area contributed by atoms with Crippen molar-refractivity contribution in [3.63, 3.8) is 0 Å². The van der Waals surface area contributed by atoms with E-state index in [1.165, 1.54) is 11.1 Å². The van der Waals surface area contributed by atoms with E-state index >= 15 is 0 Å². The number of furan rings is 1. The summed E-state index contributed by atoms with van der Waals surface area (Å²) in [4.78, 5) is 17.4. The molecule has 11 rings (SSSR count). The van der Waals surface area contributed by atoms with Crippen LogP contribution in [-0.2, 0) is 0 Å². The Morgan fingerprint density at radius 1 is 0.306 bits per heavy atom. The second-order valence-corrected chi connectivity index (χ2v) is 15.2. The molecule has 0 saturated heterocycles. The van der Waals surface area contributed by atoms with Crippen molar-refractivity contribution in [3.8, 4) is 67.5 Å². The van der Waals surface area contributed by atoms with Crippen molar-refractivity contribution in [3.05, 3.63) is 231 Å². The Kier molecular flexibility index (Phi) is 9.45. The van der Waals surface area contributed by atoms with Crippen LogP contribution in [0, 0.1) is 0 Å². The number of aromatic nitrogens is 3. The Morgan fingerprint density at radius 2 is 0.758 bits per heavy atom. The van der Waals surface area contributed by atoms with Gasteiger partial charge in [-0.05, 0) is 81.9 Å². The minimum absolute atomic E-state index is 0.551. The molecule has 2 heterocycles. The summed E-state index contributed by atoms with van der Waals surface area (Å²) in [6.07, 6.45) is 0. The first-order valence-electron chi connectivity index (χ1n) is 20.8. The minimum Gasteiger partial charge on any atom is -0.455 e. The molecule has 0 atom stereocenters. The normalized spacial score (nSPS) is 11.2. The lowest BCUT2D eigenvalue weighted by atomic mass is 9.96. The van der Waals surface area contributed by atoms with Crippen molar-refractivity contribution in [1.29, 1.82) is 0 Å². The molecule has 5 nitrogen and oxygen atoms in total.